The Morgan fingerprint density at radius 2 is 1.71 bits per heavy atom. The van der Waals surface area contributed by atoms with Crippen LogP contribution in [0.1, 0.15) is 66.3 Å². The van der Waals surface area contributed by atoms with Gasteiger partial charge in [-0.3, -0.25) is 14.5 Å². The molecule has 2 aliphatic rings. The maximum atomic E-state index is 14.0. The number of carbonyl (C=O) groups excluding carboxylic acids is 2. The van der Waals surface area contributed by atoms with Crippen molar-refractivity contribution in [1.82, 2.24) is 24.8 Å². The topological polar surface area (TPSA) is 93.0 Å². The van der Waals surface area contributed by atoms with Gasteiger partial charge in [-0.15, -0.1) is 5.10 Å². The highest BCUT2D eigenvalue weighted by Gasteiger charge is 2.26. The number of aromatic nitrogens is 3. The summed E-state index contributed by atoms with van der Waals surface area (Å²) in [5.41, 5.74) is 4.79. The Morgan fingerprint density at radius 1 is 0.952 bits per heavy atom. The molecule has 0 saturated carbocycles. The first-order valence-electron chi connectivity index (χ1n) is 15.0. The van der Waals surface area contributed by atoms with E-state index in [1.165, 1.54) is 0 Å². The summed E-state index contributed by atoms with van der Waals surface area (Å²) in [6, 6.07) is 13.9. The number of benzene rings is 2. The number of fused-ring (bicyclic) bond motifs is 1. The van der Waals surface area contributed by atoms with Gasteiger partial charge in [-0.05, 0) is 49.1 Å². The van der Waals surface area contributed by atoms with E-state index in [0.717, 1.165) is 87.5 Å². The number of carbonyl (C=O) groups is 2. The molecule has 0 N–H and O–H groups in total. The smallest absolute Gasteiger partial charge is 0.276 e. The number of methoxy groups -OCH3 is 1. The molecule has 3 heterocycles. The molecule has 224 valence electrons. The van der Waals surface area contributed by atoms with Crippen LogP contribution in [0, 0.1) is 6.92 Å². The fourth-order valence-electron chi connectivity index (χ4n) is 5.78. The zero-order chi connectivity index (χ0) is 29.5. The van der Waals surface area contributed by atoms with Crippen molar-refractivity contribution in [3.05, 3.63) is 65.0 Å². The summed E-state index contributed by atoms with van der Waals surface area (Å²) in [4.78, 5) is 33.1. The van der Waals surface area contributed by atoms with Crippen molar-refractivity contribution in [2.24, 2.45) is 0 Å². The normalized spacial score (nSPS) is 17.2. The Bertz CT molecular complexity index is 1380. The Balaban J connectivity index is 1.46. The van der Waals surface area contributed by atoms with Crippen LogP contribution in [-0.4, -0.2) is 83.1 Å². The standard InChI is InChI=1S/C32H42N6O4/c1-24-31(33-34-38(24)28-10-9-11-29(21-28)41-3)32(40)36-14-7-5-4-6-8-15-37(25(2)39)30-20-26(12-13-27(30)23-36)22-35-16-18-42-19-17-35/h9-13,20-21H,4-8,14-19,22-23H2,1-3H3. The minimum Gasteiger partial charge on any atom is -0.497 e. The van der Waals surface area contributed by atoms with E-state index in [1.807, 2.05) is 41.0 Å². The van der Waals surface area contributed by atoms with Gasteiger partial charge in [0.2, 0.25) is 5.91 Å². The molecule has 1 saturated heterocycles. The third kappa shape index (κ3) is 6.99. The molecule has 5 rings (SSSR count). The number of ether oxygens (including phenoxy) is 2. The molecule has 2 amide bonds. The number of morpholine rings is 1. The fraction of sp³-hybridized carbons (Fsp3) is 0.500. The lowest BCUT2D eigenvalue weighted by atomic mass is 10.0. The van der Waals surface area contributed by atoms with Crippen LogP contribution in [-0.2, 0) is 22.6 Å². The molecule has 0 radical (unpaired) electrons. The molecule has 0 spiro atoms. The van der Waals surface area contributed by atoms with Gasteiger partial charge in [0.1, 0.15) is 5.75 Å². The first kappa shape index (κ1) is 29.7. The van der Waals surface area contributed by atoms with Gasteiger partial charge in [-0.25, -0.2) is 4.68 Å². The highest BCUT2D eigenvalue weighted by molar-refractivity contribution is 5.94. The van der Waals surface area contributed by atoms with Crippen LogP contribution in [0.4, 0.5) is 5.69 Å². The summed E-state index contributed by atoms with van der Waals surface area (Å²) in [7, 11) is 1.62. The monoisotopic (exact) mass is 574 g/mol. The Labute approximate surface area is 248 Å². The van der Waals surface area contributed by atoms with Crippen LogP contribution in [0.25, 0.3) is 5.69 Å². The van der Waals surface area contributed by atoms with E-state index >= 15 is 0 Å². The number of rotatable bonds is 5. The SMILES string of the molecule is COc1cccc(-n2nnc(C(=O)N3CCCCCCCN(C(C)=O)c4cc(CN5CCOCC5)ccc4C3)c2C)c1. The molecule has 1 fully saturated rings. The van der Waals surface area contributed by atoms with Crippen molar-refractivity contribution in [1.29, 1.82) is 0 Å². The van der Waals surface area contributed by atoms with E-state index in [0.29, 0.717) is 36.8 Å². The zero-order valence-electron chi connectivity index (χ0n) is 25.1. The minimum atomic E-state index is -0.156. The summed E-state index contributed by atoms with van der Waals surface area (Å²) < 4.78 is 12.6. The molecule has 42 heavy (non-hydrogen) atoms. The van der Waals surface area contributed by atoms with Crippen molar-refractivity contribution < 1.29 is 19.1 Å². The van der Waals surface area contributed by atoms with Crippen molar-refractivity contribution in [3.8, 4) is 11.4 Å². The van der Waals surface area contributed by atoms with Crippen LogP contribution < -0.4 is 9.64 Å². The van der Waals surface area contributed by atoms with Gasteiger partial charge in [-0.2, -0.15) is 0 Å². The number of amides is 2. The zero-order valence-corrected chi connectivity index (χ0v) is 25.1. The van der Waals surface area contributed by atoms with Crippen LogP contribution >= 0.6 is 0 Å². The summed E-state index contributed by atoms with van der Waals surface area (Å²) in [5, 5.41) is 8.66. The number of hydrogen-bond donors (Lipinski definition) is 0. The molecule has 0 atom stereocenters. The fourth-order valence-corrected chi connectivity index (χ4v) is 5.78. The second-order valence-electron chi connectivity index (χ2n) is 11.2. The Morgan fingerprint density at radius 3 is 2.48 bits per heavy atom. The van der Waals surface area contributed by atoms with Crippen LogP contribution in [0.2, 0.25) is 0 Å². The van der Waals surface area contributed by atoms with E-state index in [2.05, 4.69) is 33.4 Å². The maximum Gasteiger partial charge on any atom is 0.276 e. The molecule has 2 aliphatic heterocycles. The van der Waals surface area contributed by atoms with Gasteiger partial charge in [0.25, 0.3) is 5.91 Å². The number of nitrogens with zero attached hydrogens (tertiary/aromatic N) is 6. The third-order valence-corrected chi connectivity index (χ3v) is 8.18. The van der Waals surface area contributed by atoms with Gasteiger partial charge in [0.05, 0.1) is 31.7 Å². The summed E-state index contributed by atoms with van der Waals surface area (Å²) in [6.07, 6.45) is 5.03. The van der Waals surface area contributed by atoms with E-state index in [9.17, 15) is 9.59 Å². The average molecular weight is 575 g/mol. The third-order valence-electron chi connectivity index (χ3n) is 8.18. The van der Waals surface area contributed by atoms with Crippen LogP contribution in [0.5, 0.6) is 5.75 Å². The van der Waals surface area contributed by atoms with E-state index in [4.69, 9.17) is 9.47 Å². The second-order valence-corrected chi connectivity index (χ2v) is 11.2. The number of hydrogen-bond acceptors (Lipinski definition) is 7. The Kier molecular flexibility index (Phi) is 9.86. The van der Waals surface area contributed by atoms with Gasteiger partial charge in [-0.1, -0.05) is 42.7 Å². The second kappa shape index (κ2) is 13.9. The molecule has 0 bridgehead atoms. The van der Waals surface area contributed by atoms with Gasteiger partial charge in [0, 0.05) is 57.9 Å². The predicted octanol–water partition coefficient (Wildman–Crippen LogP) is 4.38. The van der Waals surface area contributed by atoms with Crippen molar-refractivity contribution in [2.45, 2.75) is 59.0 Å². The molecule has 1 aromatic heterocycles. The van der Waals surface area contributed by atoms with Crippen molar-refractivity contribution in [2.75, 3.05) is 51.4 Å². The molecule has 2 aromatic carbocycles. The molecule has 3 aromatic rings. The van der Waals surface area contributed by atoms with Crippen molar-refractivity contribution >= 4 is 17.5 Å². The summed E-state index contributed by atoms with van der Waals surface area (Å²) in [5.74, 6) is 0.571. The number of anilines is 1. The lowest BCUT2D eigenvalue weighted by Gasteiger charge is -2.30. The van der Waals surface area contributed by atoms with Gasteiger partial charge < -0.3 is 19.3 Å². The minimum absolute atomic E-state index is 0.0202. The predicted molar refractivity (Wildman–Crippen MR) is 161 cm³/mol. The van der Waals surface area contributed by atoms with Gasteiger partial charge >= 0.3 is 0 Å². The highest BCUT2D eigenvalue weighted by atomic mass is 16.5. The average Bonchev–Trinajstić information content (AvgIpc) is 3.39. The lowest BCUT2D eigenvalue weighted by Crippen LogP contribution is -2.36. The molecule has 10 nitrogen and oxygen atoms in total. The van der Waals surface area contributed by atoms with Crippen LogP contribution in [0.3, 0.4) is 0 Å². The molecule has 0 aliphatic carbocycles. The quantitative estimate of drug-likeness (QED) is 0.447. The van der Waals surface area contributed by atoms with Crippen LogP contribution in [0.15, 0.2) is 42.5 Å². The van der Waals surface area contributed by atoms with Gasteiger partial charge in [0.15, 0.2) is 5.69 Å². The molecule has 0 unspecified atom stereocenters. The lowest BCUT2D eigenvalue weighted by molar-refractivity contribution is -0.116. The van der Waals surface area contributed by atoms with E-state index in [1.54, 1.807) is 18.7 Å². The van der Waals surface area contributed by atoms with E-state index < -0.39 is 0 Å². The summed E-state index contributed by atoms with van der Waals surface area (Å²) in [6.45, 7) is 9.24. The van der Waals surface area contributed by atoms with E-state index in [-0.39, 0.29) is 11.8 Å². The van der Waals surface area contributed by atoms with Crippen molar-refractivity contribution in [3.63, 3.8) is 0 Å². The first-order valence-corrected chi connectivity index (χ1v) is 15.0. The summed E-state index contributed by atoms with van der Waals surface area (Å²) >= 11 is 0. The molecular formula is C32H42N6O4. The Hall–Kier alpha value is -3.76. The largest absolute Gasteiger partial charge is 0.497 e. The maximum absolute atomic E-state index is 14.0. The highest BCUT2D eigenvalue weighted by Crippen LogP contribution is 2.28. The molecule has 10 heteroatoms. The first-order chi connectivity index (χ1) is 20.4. The molecular weight excluding hydrogens is 532 g/mol.